The van der Waals surface area contributed by atoms with Crippen molar-refractivity contribution in [3.8, 4) is 0 Å². The molecule has 4 aliphatic carbocycles. The molecule has 1 saturated heterocycles. The van der Waals surface area contributed by atoms with Crippen LogP contribution in [0.1, 0.15) is 45.4 Å². The number of methoxy groups -OCH3 is 1. The fourth-order valence-electron chi connectivity index (χ4n) is 7.44. The zero-order valence-electron chi connectivity index (χ0n) is 26.9. The van der Waals surface area contributed by atoms with Crippen LogP contribution in [0.15, 0.2) is 70.6 Å². The molecule has 2 aromatic rings. The fraction of sp³-hybridized carbons (Fsp3) is 0.500. The number of hydrogen-bond acceptors (Lipinski definition) is 10. The number of rotatable bonds is 10. The topological polar surface area (TPSA) is 149 Å². The number of benzene rings is 1. The molecule has 5 aliphatic rings. The van der Waals surface area contributed by atoms with Crippen molar-refractivity contribution in [1.82, 2.24) is 25.1 Å². The number of fused-ring (bicyclic) bond motifs is 2. The van der Waals surface area contributed by atoms with E-state index in [2.05, 4.69) is 30.1 Å². The van der Waals surface area contributed by atoms with Crippen LogP contribution in [-0.4, -0.2) is 90.7 Å². The van der Waals surface area contributed by atoms with Crippen molar-refractivity contribution < 1.29 is 23.1 Å². The van der Waals surface area contributed by atoms with E-state index in [4.69, 9.17) is 9.72 Å². The first kappa shape index (κ1) is 31.8. The van der Waals surface area contributed by atoms with Crippen LogP contribution in [0.25, 0.3) is 11.0 Å². The van der Waals surface area contributed by atoms with Crippen LogP contribution >= 0.6 is 0 Å². The molecule has 1 aromatic heterocycles. The van der Waals surface area contributed by atoms with Crippen LogP contribution in [0.4, 0.5) is 11.6 Å². The van der Waals surface area contributed by atoms with E-state index in [1.807, 2.05) is 24.3 Å². The average Bonchev–Trinajstić information content (AvgIpc) is 3.36. The highest BCUT2D eigenvalue weighted by atomic mass is 32.2. The molecule has 1 amide bonds. The third-order valence-corrected chi connectivity index (χ3v) is 11.6. The second-order valence-corrected chi connectivity index (χ2v) is 15.1. The maximum Gasteiger partial charge on any atom is 0.259 e. The number of aromatic nitrogens is 2. The Hall–Kier alpha value is -3.78. The van der Waals surface area contributed by atoms with E-state index in [9.17, 15) is 18.3 Å². The summed E-state index contributed by atoms with van der Waals surface area (Å²) >= 11 is 0. The van der Waals surface area contributed by atoms with Crippen molar-refractivity contribution in [2.75, 3.05) is 49.9 Å². The molecule has 7 rings (SSSR count). The number of piperazine rings is 1. The first-order chi connectivity index (χ1) is 22.6. The van der Waals surface area contributed by atoms with E-state index >= 15 is 0 Å². The number of para-hydroxylation sites is 2. The van der Waals surface area contributed by atoms with Crippen LogP contribution in [0.5, 0.6) is 0 Å². The quantitative estimate of drug-likeness (QED) is 0.298. The molecule has 0 bridgehead atoms. The Labute approximate surface area is 275 Å². The Kier molecular flexibility index (Phi) is 8.58. The maximum absolute atomic E-state index is 13.8. The summed E-state index contributed by atoms with van der Waals surface area (Å²) in [7, 11) is -2.50. The van der Waals surface area contributed by atoms with Crippen molar-refractivity contribution in [3.63, 3.8) is 0 Å². The van der Waals surface area contributed by atoms with Gasteiger partial charge in [-0.3, -0.25) is 19.3 Å². The van der Waals surface area contributed by atoms with E-state index in [1.54, 1.807) is 32.2 Å². The first-order valence-electron chi connectivity index (χ1n) is 16.5. The van der Waals surface area contributed by atoms with Crippen molar-refractivity contribution in [2.24, 2.45) is 11.8 Å². The standard InChI is InChI=1S/C34H43N7O5S/c1-34(43)26-19-24(46-2)20-29(31(26)34)38-32-33(37-28-13-6-5-12-27(28)36-32)39-47(44,45)25-11-7-8-22(18-25)35-30(42)21-40-14-16-41(17-15-40)23-9-3-4-10-23/h5-6,8,12-13,18-20,23,26,31,43H,3-4,7,9-11,14-17,21H2,1-2H3,(H,35,42)(H,36,38)(H,37,39). The highest BCUT2D eigenvalue weighted by Crippen LogP contribution is 2.57. The van der Waals surface area contributed by atoms with Crippen molar-refractivity contribution >= 4 is 38.6 Å². The molecule has 2 saturated carbocycles. The van der Waals surface area contributed by atoms with Gasteiger partial charge in [-0.2, -0.15) is 0 Å². The molecular formula is C34H43N7O5S. The number of nitrogens with zero attached hydrogens (tertiary/aromatic N) is 4. The van der Waals surface area contributed by atoms with Crippen LogP contribution < -0.4 is 15.4 Å². The molecule has 13 heteroatoms. The van der Waals surface area contributed by atoms with E-state index in [0.29, 0.717) is 40.6 Å². The number of nitrogens with one attached hydrogen (secondary N) is 3. The predicted octanol–water partition coefficient (Wildman–Crippen LogP) is 3.45. The van der Waals surface area contributed by atoms with Gasteiger partial charge in [0.1, 0.15) is 5.76 Å². The fourth-order valence-corrected chi connectivity index (χ4v) is 8.63. The average molecular weight is 662 g/mol. The largest absolute Gasteiger partial charge is 0.497 e. The molecule has 47 heavy (non-hydrogen) atoms. The highest BCUT2D eigenvalue weighted by Gasteiger charge is 2.62. The van der Waals surface area contributed by atoms with E-state index in [-0.39, 0.29) is 47.2 Å². The van der Waals surface area contributed by atoms with Gasteiger partial charge in [0.15, 0.2) is 11.6 Å². The minimum atomic E-state index is -4.06. The molecule has 3 fully saturated rings. The molecule has 12 nitrogen and oxygen atoms in total. The summed E-state index contributed by atoms with van der Waals surface area (Å²) in [4.78, 5) is 27.2. The maximum atomic E-state index is 13.8. The van der Waals surface area contributed by atoms with E-state index in [0.717, 1.165) is 26.2 Å². The van der Waals surface area contributed by atoms with Crippen LogP contribution in [0.3, 0.4) is 0 Å². The van der Waals surface area contributed by atoms with Crippen molar-refractivity contribution in [1.29, 1.82) is 0 Å². The number of amides is 1. The lowest BCUT2D eigenvalue weighted by atomic mass is 10.1. The Balaban J connectivity index is 1.05. The van der Waals surface area contributed by atoms with Gasteiger partial charge in [0, 0.05) is 55.5 Å². The van der Waals surface area contributed by atoms with Gasteiger partial charge >= 0.3 is 0 Å². The summed E-state index contributed by atoms with van der Waals surface area (Å²) in [6.45, 7) is 5.70. The van der Waals surface area contributed by atoms with Gasteiger partial charge in [0.05, 0.1) is 35.2 Å². The molecule has 0 spiro atoms. The van der Waals surface area contributed by atoms with E-state index < -0.39 is 15.6 Å². The number of hydrogen-bond donors (Lipinski definition) is 4. The lowest BCUT2D eigenvalue weighted by Gasteiger charge is -2.37. The number of allylic oxidation sites excluding steroid dienone is 4. The summed E-state index contributed by atoms with van der Waals surface area (Å²) in [5.41, 5.74) is 1.28. The predicted molar refractivity (Wildman–Crippen MR) is 180 cm³/mol. The van der Waals surface area contributed by atoms with Crippen molar-refractivity contribution in [3.05, 3.63) is 70.6 Å². The third kappa shape index (κ3) is 6.67. The summed E-state index contributed by atoms with van der Waals surface area (Å²) in [5.74, 6) is 0.348. The Morgan fingerprint density at radius 2 is 1.77 bits per heavy atom. The van der Waals surface area contributed by atoms with Crippen molar-refractivity contribution in [2.45, 2.75) is 57.1 Å². The Bertz CT molecular complexity index is 1790. The van der Waals surface area contributed by atoms with Gasteiger partial charge in [-0.1, -0.05) is 31.1 Å². The number of sulfonamides is 1. The minimum Gasteiger partial charge on any atom is -0.497 e. The Morgan fingerprint density at radius 1 is 1.06 bits per heavy atom. The number of aliphatic hydroxyl groups is 1. The lowest BCUT2D eigenvalue weighted by Crippen LogP contribution is -2.51. The molecular weight excluding hydrogens is 618 g/mol. The van der Waals surface area contributed by atoms with Crippen LogP contribution in [0, 0.1) is 11.8 Å². The second-order valence-electron chi connectivity index (χ2n) is 13.3. The molecule has 250 valence electrons. The Morgan fingerprint density at radius 3 is 2.47 bits per heavy atom. The van der Waals surface area contributed by atoms with Crippen LogP contribution in [0.2, 0.25) is 0 Å². The summed E-state index contributed by atoms with van der Waals surface area (Å²) in [5, 5.41) is 17.1. The number of ether oxygens (including phenoxy) is 1. The summed E-state index contributed by atoms with van der Waals surface area (Å²) < 4.78 is 35.7. The van der Waals surface area contributed by atoms with Gasteiger partial charge in [-0.25, -0.2) is 18.4 Å². The summed E-state index contributed by atoms with van der Waals surface area (Å²) in [6.07, 6.45) is 13.0. The second kappa shape index (κ2) is 12.7. The highest BCUT2D eigenvalue weighted by molar-refractivity contribution is 7.96. The lowest BCUT2D eigenvalue weighted by molar-refractivity contribution is -0.122. The molecule has 3 atom stereocenters. The zero-order chi connectivity index (χ0) is 32.8. The third-order valence-electron chi connectivity index (χ3n) is 10.1. The van der Waals surface area contributed by atoms with Crippen LogP contribution in [-0.2, 0) is 19.6 Å². The number of anilines is 2. The number of carbonyl (C=O) groups is 1. The molecule has 0 radical (unpaired) electrons. The normalized spacial score (nSPS) is 26.9. The molecule has 3 unspecified atom stereocenters. The van der Waals surface area contributed by atoms with Gasteiger partial charge < -0.3 is 20.5 Å². The first-order valence-corrected chi connectivity index (χ1v) is 18.0. The van der Waals surface area contributed by atoms with Gasteiger partial charge in [-0.05, 0) is 63.0 Å². The van der Waals surface area contributed by atoms with E-state index in [1.165, 1.54) is 31.8 Å². The molecule has 4 N–H and O–H groups in total. The monoisotopic (exact) mass is 661 g/mol. The SMILES string of the molecule is COC1=CC2C(C(Nc3nc4ccccc4nc3NS(=O)(=O)C3=CC(NC(=O)CN4CCN(C5CCCC5)CC4)=CCC3)=C1)C2(C)O. The van der Waals surface area contributed by atoms with Gasteiger partial charge in [-0.15, -0.1) is 0 Å². The molecule has 2 heterocycles. The van der Waals surface area contributed by atoms with Gasteiger partial charge in [0.25, 0.3) is 10.0 Å². The molecule has 1 aliphatic heterocycles. The number of carbonyl (C=O) groups excluding carboxylic acids is 1. The summed E-state index contributed by atoms with van der Waals surface area (Å²) in [6, 6.07) is 7.91. The smallest absolute Gasteiger partial charge is 0.259 e. The van der Waals surface area contributed by atoms with Gasteiger partial charge in [0.2, 0.25) is 5.91 Å². The minimum absolute atomic E-state index is 0.0350. The zero-order valence-corrected chi connectivity index (χ0v) is 27.7. The molecule has 1 aromatic carbocycles.